The Morgan fingerprint density at radius 3 is 2.86 bits per heavy atom. The zero-order valence-electron chi connectivity index (χ0n) is 13.2. The number of likely N-dealkylation sites (tertiary alicyclic amines) is 1. The number of carbonyl (C=O) groups excluding carboxylic acids is 1. The number of likely N-dealkylation sites (N-methyl/N-ethyl adjacent to an activating group) is 1. The van der Waals surface area contributed by atoms with Gasteiger partial charge in [-0.25, -0.2) is 0 Å². The third-order valence-corrected chi connectivity index (χ3v) is 4.74. The van der Waals surface area contributed by atoms with Crippen LogP contribution in [0, 0.1) is 13.8 Å². The fourth-order valence-electron chi connectivity index (χ4n) is 3.61. The highest BCUT2D eigenvalue weighted by atomic mass is 16.2. The largest absolute Gasteiger partial charge is 0.318 e. The number of benzene rings is 1. The molecule has 1 aromatic carbocycles. The molecular weight excluding hydrogens is 262 g/mol. The second-order valence-corrected chi connectivity index (χ2v) is 6.50. The van der Waals surface area contributed by atoms with Gasteiger partial charge in [0, 0.05) is 12.6 Å². The lowest BCUT2D eigenvalue weighted by molar-refractivity contribution is -0.131. The summed E-state index contributed by atoms with van der Waals surface area (Å²) in [5.41, 5.74) is 3.74. The molecule has 0 aliphatic carbocycles. The summed E-state index contributed by atoms with van der Waals surface area (Å²) in [5, 5.41) is 3.41. The van der Waals surface area contributed by atoms with Crippen molar-refractivity contribution in [1.82, 2.24) is 15.1 Å². The molecule has 2 fully saturated rings. The molecule has 0 saturated carbocycles. The van der Waals surface area contributed by atoms with Crippen LogP contribution < -0.4 is 5.32 Å². The maximum absolute atomic E-state index is 12.4. The Morgan fingerprint density at radius 1 is 1.29 bits per heavy atom. The van der Waals surface area contributed by atoms with E-state index in [0.29, 0.717) is 12.6 Å². The molecule has 2 aliphatic heterocycles. The van der Waals surface area contributed by atoms with Crippen LogP contribution in [0.15, 0.2) is 18.2 Å². The SMILES string of the molecule is Cc1ccc(C)c(C2NCC(=O)N2C2CCCN(C)C2)c1. The Morgan fingerprint density at radius 2 is 2.10 bits per heavy atom. The summed E-state index contributed by atoms with van der Waals surface area (Å²) in [6.07, 6.45) is 2.32. The van der Waals surface area contributed by atoms with Gasteiger partial charge in [0.2, 0.25) is 5.91 Å². The lowest BCUT2D eigenvalue weighted by atomic mass is 9.99. The van der Waals surface area contributed by atoms with E-state index in [1.807, 2.05) is 0 Å². The second kappa shape index (κ2) is 5.78. The van der Waals surface area contributed by atoms with Crippen LogP contribution in [0.1, 0.15) is 35.7 Å². The van der Waals surface area contributed by atoms with Crippen LogP contribution in [0.2, 0.25) is 0 Å². The van der Waals surface area contributed by atoms with E-state index in [-0.39, 0.29) is 12.1 Å². The van der Waals surface area contributed by atoms with Crippen LogP contribution in [0.4, 0.5) is 0 Å². The number of rotatable bonds is 2. The predicted octanol–water partition coefficient (Wildman–Crippen LogP) is 1.83. The molecule has 1 aromatic rings. The molecule has 1 amide bonds. The van der Waals surface area contributed by atoms with Crippen LogP contribution in [0.3, 0.4) is 0 Å². The molecule has 21 heavy (non-hydrogen) atoms. The Kier molecular flexibility index (Phi) is 4.00. The van der Waals surface area contributed by atoms with Crippen molar-refractivity contribution in [2.75, 3.05) is 26.7 Å². The van der Waals surface area contributed by atoms with Gasteiger partial charge in [0.25, 0.3) is 0 Å². The molecule has 0 radical (unpaired) electrons. The summed E-state index contributed by atoms with van der Waals surface area (Å²) in [4.78, 5) is 16.8. The molecule has 114 valence electrons. The van der Waals surface area contributed by atoms with E-state index in [1.165, 1.54) is 23.1 Å². The molecule has 0 spiro atoms. The topological polar surface area (TPSA) is 35.6 Å². The molecule has 4 heteroatoms. The third kappa shape index (κ3) is 2.83. The molecule has 2 saturated heterocycles. The minimum atomic E-state index is 0.0360. The predicted molar refractivity (Wildman–Crippen MR) is 84.0 cm³/mol. The highest BCUT2D eigenvalue weighted by molar-refractivity contribution is 5.81. The van der Waals surface area contributed by atoms with Crippen LogP contribution in [0.25, 0.3) is 0 Å². The number of carbonyl (C=O) groups is 1. The first-order chi connectivity index (χ1) is 10.1. The van der Waals surface area contributed by atoms with Gasteiger partial charge < -0.3 is 9.80 Å². The highest BCUT2D eigenvalue weighted by Crippen LogP contribution is 2.30. The van der Waals surface area contributed by atoms with E-state index in [1.54, 1.807) is 0 Å². The van der Waals surface area contributed by atoms with Gasteiger partial charge in [0.05, 0.1) is 6.54 Å². The van der Waals surface area contributed by atoms with Crippen LogP contribution in [-0.4, -0.2) is 48.4 Å². The van der Waals surface area contributed by atoms with E-state index in [0.717, 1.165) is 19.5 Å². The van der Waals surface area contributed by atoms with Gasteiger partial charge in [-0.15, -0.1) is 0 Å². The number of hydrogen-bond donors (Lipinski definition) is 1. The Balaban J connectivity index is 1.90. The lowest BCUT2D eigenvalue weighted by Crippen LogP contribution is -2.48. The van der Waals surface area contributed by atoms with E-state index in [9.17, 15) is 4.79 Å². The summed E-state index contributed by atoms with van der Waals surface area (Å²) in [6, 6.07) is 6.83. The van der Waals surface area contributed by atoms with Crippen LogP contribution in [0.5, 0.6) is 0 Å². The normalized spacial score (nSPS) is 27.4. The number of amides is 1. The summed E-state index contributed by atoms with van der Waals surface area (Å²) >= 11 is 0. The summed E-state index contributed by atoms with van der Waals surface area (Å²) in [7, 11) is 2.15. The van der Waals surface area contributed by atoms with Gasteiger partial charge in [-0.2, -0.15) is 0 Å². The molecule has 0 aromatic heterocycles. The van der Waals surface area contributed by atoms with Gasteiger partial charge in [0.15, 0.2) is 0 Å². The van der Waals surface area contributed by atoms with Crippen LogP contribution in [-0.2, 0) is 4.79 Å². The first kappa shape index (κ1) is 14.5. The van der Waals surface area contributed by atoms with Crippen molar-refractivity contribution in [2.24, 2.45) is 0 Å². The minimum absolute atomic E-state index is 0.0360. The number of aryl methyl sites for hydroxylation is 2. The van der Waals surface area contributed by atoms with Crippen molar-refractivity contribution in [3.8, 4) is 0 Å². The monoisotopic (exact) mass is 287 g/mol. The van der Waals surface area contributed by atoms with Gasteiger partial charge >= 0.3 is 0 Å². The van der Waals surface area contributed by atoms with Crippen molar-refractivity contribution in [3.63, 3.8) is 0 Å². The Bertz CT molecular complexity index is 543. The fraction of sp³-hybridized carbons (Fsp3) is 0.588. The van der Waals surface area contributed by atoms with Crippen molar-refractivity contribution < 1.29 is 4.79 Å². The molecule has 1 N–H and O–H groups in total. The average molecular weight is 287 g/mol. The molecule has 3 rings (SSSR count). The summed E-state index contributed by atoms with van der Waals surface area (Å²) < 4.78 is 0. The molecule has 4 nitrogen and oxygen atoms in total. The fourth-order valence-corrected chi connectivity index (χ4v) is 3.61. The summed E-state index contributed by atoms with van der Waals surface area (Å²) in [6.45, 7) is 6.82. The quantitative estimate of drug-likeness (QED) is 0.901. The maximum Gasteiger partial charge on any atom is 0.238 e. The van der Waals surface area contributed by atoms with Gasteiger partial charge in [0.1, 0.15) is 6.17 Å². The van der Waals surface area contributed by atoms with Crippen molar-refractivity contribution in [1.29, 1.82) is 0 Å². The van der Waals surface area contributed by atoms with Crippen LogP contribution >= 0.6 is 0 Å². The first-order valence-electron chi connectivity index (χ1n) is 7.86. The number of nitrogens with one attached hydrogen (secondary N) is 1. The summed E-state index contributed by atoms with van der Waals surface area (Å²) in [5.74, 6) is 0.237. The molecule has 2 unspecified atom stereocenters. The van der Waals surface area contributed by atoms with Crippen molar-refractivity contribution >= 4 is 5.91 Å². The van der Waals surface area contributed by atoms with E-state index >= 15 is 0 Å². The highest BCUT2D eigenvalue weighted by Gasteiger charge is 2.38. The number of nitrogens with zero attached hydrogens (tertiary/aromatic N) is 2. The van der Waals surface area contributed by atoms with Gasteiger partial charge in [-0.3, -0.25) is 10.1 Å². The smallest absolute Gasteiger partial charge is 0.238 e. The second-order valence-electron chi connectivity index (χ2n) is 6.50. The Hall–Kier alpha value is -1.39. The molecule has 2 atom stereocenters. The van der Waals surface area contributed by atoms with E-state index in [2.05, 4.69) is 54.2 Å². The van der Waals surface area contributed by atoms with Gasteiger partial charge in [-0.1, -0.05) is 23.8 Å². The van der Waals surface area contributed by atoms with Gasteiger partial charge in [-0.05, 0) is 51.4 Å². The molecular formula is C17H25N3O. The maximum atomic E-state index is 12.4. The standard InChI is InChI=1S/C17H25N3O/c1-12-6-7-13(2)15(9-12)17-18-10-16(21)20(17)14-5-4-8-19(3)11-14/h6-7,9,14,17-18H,4-5,8,10-11H2,1-3H3. The van der Waals surface area contributed by atoms with E-state index in [4.69, 9.17) is 0 Å². The van der Waals surface area contributed by atoms with Crippen molar-refractivity contribution in [3.05, 3.63) is 34.9 Å². The Labute approximate surface area is 127 Å². The first-order valence-corrected chi connectivity index (χ1v) is 7.86. The average Bonchev–Trinajstić information content (AvgIpc) is 2.83. The lowest BCUT2D eigenvalue weighted by Gasteiger charge is -2.39. The van der Waals surface area contributed by atoms with E-state index < -0.39 is 0 Å². The van der Waals surface area contributed by atoms with Crippen molar-refractivity contribution in [2.45, 2.75) is 38.9 Å². The number of piperidine rings is 1. The zero-order valence-corrected chi connectivity index (χ0v) is 13.2. The zero-order chi connectivity index (χ0) is 15.0. The molecule has 2 aliphatic rings. The minimum Gasteiger partial charge on any atom is -0.318 e. The number of hydrogen-bond acceptors (Lipinski definition) is 3. The third-order valence-electron chi connectivity index (χ3n) is 4.74. The molecule has 2 heterocycles. The molecule has 0 bridgehead atoms.